The molecule has 1 aromatic heterocycles. The van der Waals surface area contributed by atoms with Gasteiger partial charge in [-0.2, -0.15) is 0 Å². The number of benzene rings is 1. The Kier molecular flexibility index (Phi) is 5.32. The normalized spacial score (nSPS) is 12.1. The van der Waals surface area contributed by atoms with Crippen molar-refractivity contribution in [1.29, 1.82) is 0 Å². The lowest BCUT2D eigenvalue weighted by Gasteiger charge is -2.04. The van der Waals surface area contributed by atoms with Gasteiger partial charge in [0, 0.05) is 11.6 Å². The Balaban J connectivity index is 1.86. The van der Waals surface area contributed by atoms with Crippen molar-refractivity contribution < 1.29 is 14.3 Å². The summed E-state index contributed by atoms with van der Waals surface area (Å²) < 4.78 is 5.04. The number of aliphatic hydroxyl groups is 1. The fourth-order valence-corrected chi connectivity index (χ4v) is 1.96. The molecule has 4 N–H and O–H groups in total. The van der Waals surface area contributed by atoms with Crippen LogP contribution in [-0.2, 0) is 6.42 Å². The topological polar surface area (TPSA) is 101 Å². The maximum absolute atomic E-state index is 11.9. The Morgan fingerprint density at radius 2 is 2.33 bits per heavy atom. The molecule has 0 spiro atoms. The van der Waals surface area contributed by atoms with Gasteiger partial charge in [-0.25, -0.2) is 4.98 Å². The van der Waals surface area contributed by atoms with Crippen molar-refractivity contribution in [3.05, 3.63) is 52.7 Å². The van der Waals surface area contributed by atoms with Gasteiger partial charge in [0.05, 0.1) is 6.61 Å². The summed E-state index contributed by atoms with van der Waals surface area (Å²) in [5, 5.41) is 12.3. The summed E-state index contributed by atoms with van der Waals surface area (Å²) in [6.45, 7) is 0.157. The molecule has 0 fully saturated rings. The lowest BCUT2D eigenvalue weighted by molar-refractivity contribution is 0.0949. The molecule has 0 aliphatic carbocycles. The third-order valence-corrected chi connectivity index (χ3v) is 3.09. The van der Waals surface area contributed by atoms with E-state index in [1.54, 1.807) is 6.07 Å². The summed E-state index contributed by atoms with van der Waals surface area (Å²) in [6.07, 6.45) is 1.88. The summed E-state index contributed by atoms with van der Waals surface area (Å²) >= 11 is 5.89. The molecule has 6 nitrogen and oxygen atoms in total. The van der Waals surface area contributed by atoms with Crippen molar-refractivity contribution in [1.82, 2.24) is 10.3 Å². The number of aromatic nitrogens is 1. The molecule has 2 rings (SSSR count). The number of carbonyl (C=O) groups is 1. The molecule has 0 radical (unpaired) electrons. The minimum Gasteiger partial charge on any atom is -0.446 e. The number of nitrogens with two attached hydrogens (primary N) is 1. The Labute approximate surface area is 126 Å². The second-order valence-corrected chi connectivity index (χ2v) is 4.93. The van der Waals surface area contributed by atoms with Crippen molar-refractivity contribution in [3.8, 4) is 0 Å². The largest absolute Gasteiger partial charge is 0.446 e. The third-order valence-electron chi connectivity index (χ3n) is 2.86. The average molecular weight is 310 g/mol. The fourth-order valence-electron chi connectivity index (χ4n) is 1.74. The lowest BCUT2D eigenvalue weighted by atomic mass is 10.1. The van der Waals surface area contributed by atoms with E-state index in [0.29, 0.717) is 18.0 Å². The third kappa shape index (κ3) is 4.29. The Morgan fingerprint density at radius 3 is 3.05 bits per heavy atom. The van der Waals surface area contributed by atoms with Gasteiger partial charge in [0.25, 0.3) is 5.91 Å². The minimum atomic E-state index is -0.724. The Hall–Kier alpha value is -1.89. The molecular weight excluding hydrogens is 294 g/mol. The maximum Gasteiger partial charge on any atom is 0.273 e. The number of oxazole rings is 1. The highest BCUT2D eigenvalue weighted by molar-refractivity contribution is 6.30. The van der Waals surface area contributed by atoms with Crippen LogP contribution in [0.3, 0.4) is 0 Å². The van der Waals surface area contributed by atoms with Gasteiger partial charge in [-0.05, 0) is 24.1 Å². The fraction of sp³-hybridized carbons (Fsp3) is 0.286. The predicted molar refractivity (Wildman–Crippen MR) is 78.0 cm³/mol. The van der Waals surface area contributed by atoms with E-state index in [1.807, 2.05) is 18.2 Å². The first-order valence-corrected chi connectivity index (χ1v) is 6.82. The Bertz CT molecular complexity index is 615. The van der Waals surface area contributed by atoms with E-state index in [2.05, 4.69) is 10.3 Å². The van der Waals surface area contributed by atoms with E-state index >= 15 is 0 Å². The van der Waals surface area contributed by atoms with Crippen LogP contribution >= 0.6 is 11.6 Å². The molecule has 1 aromatic carbocycles. The summed E-state index contributed by atoms with van der Waals surface area (Å²) in [7, 11) is 0. The van der Waals surface area contributed by atoms with Crippen LogP contribution in [0.4, 0.5) is 0 Å². The van der Waals surface area contributed by atoms with Gasteiger partial charge in [-0.3, -0.25) is 4.79 Å². The Morgan fingerprint density at radius 1 is 1.52 bits per heavy atom. The van der Waals surface area contributed by atoms with E-state index in [-0.39, 0.29) is 24.1 Å². The number of hydrogen-bond acceptors (Lipinski definition) is 5. The molecule has 2 aromatic rings. The zero-order chi connectivity index (χ0) is 15.2. The molecule has 0 saturated heterocycles. The molecule has 7 heteroatoms. The highest BCUT2D eigenvalue weighted by atomic mass is 35.5. The summed E-state index contributed by atoms with van der Waals surface area (Å²) in [6, 6.07) is 6.72. The van der Waals surface area contributed by atoms with Gasteiger partial charge < -0.3 is 20.6 Å². The minimum absolute atomic E-state index is 0.137. The van der Waals surface area contributed by atoms with Crippen molar-refractivity contribution >= 4 is 17.5 Å². The van der Waals surface area contributed by atoms with Gasteiger partial charge in [0.2, 0.25) is 5.89 Å². The number of rotatable bonds is 6. The number of nitrogens with one attached hydrogen (secondary N) is 1. The summed E-state index contributed by atoms with van der Waals surface area (Å²) in [5.74, 6) is -0.213. The number of nitrogens with zero attached hydrogens (tertiary/aromatic N) is 1. The van der Waals surface area contributed by atoms with Crippen LogP contribution in [0.5, 0.6) is 0 Å². The zero-order valence-electron chi connectivity index (χ0n) is 11.3. The smallest absolute Gasteiger partial charge is 0.273 e. The summed E-state index contributed by atoms with van der Waals surface area (Å²) in [4.78, 5) is 15.8. The molecule has 1 unspecified atom stereocenters. The first-order chi connectivity index (χ1) is 10.1. The molecule has 21 heavy (non-hydrogen) atoms. The van der Waals surface area contributed by atoms with Crippen LogP contribution in [0, 0.1) is 0 Å². The second-order valence-electron chi connectivity index (χ2n) is 4.50. The van der Waals surface area contributed by atoms with E-state index in [4.69, 9.17) is 26.9 Å². The molecule has 112 valence electrons. The van der Waals surface area contributed by atoms with E-state index in [9.17, 15) is 4.79 Å². The average Bonchev–Trinajstić information content (AvgIpc) is 2.96. The van der Waals surface area contributed by atoms with Crippen LogP contribution in [0.15, 0.2) is 34.9 Å². The van der Waals surface area contributed by atoms with E-state index in [1.165, 1.54) is 6.26 Å². The van der Waals surface area contributed by atoms with Crippen LogP contribution < -0.4 is 11.1 Å². The van der Waals surface area contributed by atoms with Crippen LogP contribution in [0.2, 0.25) is 5.02 Å². The van der Waals surface area contributed by atoms with Crippen LogP contribution in [-0.4, -0.2) is 29.1 Å². The molecule has 0 aliphatic heterocycles. The van der Waals surface area contributed by atoms with Gasteiger partial charge >= 0.3 is 0 Å². The molecule has 0 bridgehead atoms. The quantitative estimate of drug-likeness (QED) is 0.746. The standard InChI is InChI=1S/C14H16ClN3O3/c15-10-3-1-2-9(6-10)4-5-17-13(20)12-8-21-14(18-12)11(16)7-19/h1-3,6,8,11,19H,4-5,7,16H2,(H,17,20). The van der Waals surface area contributed by atoms with Gasteiger partial charge in [0.1, 0.15) is 12.3 Å². The van der Waals surface area contributed by atoms with Gasteiger partial charge in [-0.1, -0.05) is 23.7 Å². The highest BCUT2D eigenvalue weighted by Crippen LogP contribution is 2.11. The van der Waals surface area contributed by atoms with E-state index in [0.717, 1.165) is 5.56 Å². The number of amides is 1. The lowest BCUT2D eigenvalue weighted by Crippen LogP contribution is -2.26. The number of carbonyl (C=O) groups excluding carboxylic acids is 1. The number of aliphatic hydroxyl groups excluding tert-OH is 1. The maximum atomic E-state index is 11.9. The molecule has 0 aliphatic rings. The predicted octanol–water partition coefficient (Wildman–Crippen LogP) is 1.29. The van der Waals surface area contributed by atoms with Crippen molar-refractivity contribution in [2.45, 2.75) is 12.5 Å². The van der Waals surface area contributed by atoms with Crippen molar-refractivity contribution in [2.75, 3.05) is 13.2 Å². The van der Waals surface area contributed by atoms with Crippen LogP contribution in [0.1, 0.15) is 28.0 Å². The first-order valence-electron chi connectivity index (χ1n) is 6.44. The molecule has 0 saturated carbocycles. The summed E-state index contributed by atoms with van der Waals surface area (Å²) in [5.41, 5.74) is 6.72. The number of halogens is 1. The number of hydrogen-bond donors (Lipinski definition) is 3. The van der Waals surface area contributed by atoms with Crippen LogP contribution in [0.25, 0.3) is 0 Å². The highest BCUT2D eigenvalue weighted by Gasteiger charge is 2.15. The molecule has 1 heterocycles. The van der Waals surface area contributed by atoms with Crippen molar-refractivity contribution in [2.24, 2.45) is 5.73 Å². The van der Waals surface area contributed by atoms with Gasteiger partial charge in [0.15, 0.2) is 5.69 Å². The van der Waals surface area contributed by atoms with Gasteiger partial charge in [-0.15, -0.1) is 0 Å². The zero-order valence-corrected chi connectivity index (χ0v) is 12.0. The van der Waals surface area contributed by atoms with E-state index < -0.39 is 6.04 Å². The molecule has 1 atom stereocenters. The second kappa shape index (κ2) is 7.21. The monoisotopic (exact) mass is 309 g/mol. The SMILES string of the molecule is NC(CO)c1nc(C(=O)NCCc2cccc(Cl)c2)co1. The first kappa shape index (κ1) is 15.5. The molecular formula is C14H16ClN3O3. The van der Waals surface area contributed by atoms with Crippen molar-refractivity contribution in [3.63, 3.8) is 0 Å². The molecule has 1 amide bonds.